The van der Waals surface area contributed by atoms with Crippen LogP contribution in [0.5, 0.6) is 0 Å². The van der Waals surface area contributed by atoms with Crippen LogP contribution in [-0.2, 0) is 0 Å². The van der Waals surface area contributed by atoms with Gasteiger partial charge in [0.05, 0.1) is 11.7 Å². The monoisotopic (exact) mass is 349 g/mol. The highest BCUT2D eigenvalue weighted by Gasteiger charge is 2.09. The van der Waals surface area contributed by atoms with Gasteiger partial charge in [0.1, 0.15) is 0 Å². The predicted octanol–water partition coefficient (Wildman–Crippen LogP) is 2.79. The normalized spacial score (nSPS) is 10.2. The third-order valence-corrected chi connectivity index (χ3v) is 4.23. The Hall–Kier alpha value is -1.59. The standard InChI is InChI=1S/C15H11BrO3S/c16-11-7-5-10(6-8-11)13(17)9-20-14-4-2-1-3-12(14)15(18)19/h1-8H,9H2,(H,18,19)/p-1. The van der Waals surface area contributed by atoms with Crippen LogP contribution in [0.4, 0.5) is 0 Å². The average molecular weight is 350 g/mol. The number of carbonyl (C=O) groups is 2. The van der Waals surface area contributed by atoms with Gasteiger partial charge in [-0.25, -0.2) is 0 Å². The number of ketones is 1. The zero-order valence-corrected chi connectivity index (χ0v) is 12.7. The number of hydrogen-bond donors (Lipinski definition) is 0. The topological polar surface area (TPSA) is 57.2 Å². The summed E-state index contributed by atoms with van der Waals surface area (Å²) in [5.41, 5.74) is 0.715. The number of halogens is 1. The summed E-state index contributed by atoms with van der Waals surface area (Å²) in [5, 5.41) is 11.0. The molecular formula is C15H10BrO3S-. The molecule has 102 valence electrons. The number of thioether (sulfide) groups is 1. The summed E-state index contributed by atoms with van der Waals surface area (Å²) in [7, 11) is 0. The maximum Gasteiger partial charge on any atom is 0.173 e. The fourth-order valence-electron chi connectivity index (χ4n) is 1.62. The van der Waals surface area contributed by atoms with Crippen LogP contribution in [-0.4, -0.2) is 17.5 Å². The first-order valence-electron chi connectivity index (χ1n) is 5.80. The number of benzene rings is 2. The number of rotatable bonds is 5. The Bertz CT molecular complexity index is 638. The minimum Gasteiger partial charge on any atom is -0.545 e. The van der Waals surface area contributed by atoms with Gasteiger partial charge in [0.2, 0.25) is 0 Å². The van der Waals surface area contributed by atoms with Crippen LogP contribution in [0.3, 0.4) is 0 Å². The molecule has 0 aliphatic heterocycles. The molecule has 0 aliphatic carbocycles. The van der Waals surface area contributed by atoms with Gasteiger partial charge in [-0.1, -0.05) is 46.3 Å². The number of carboxylic acid groups (broad SMARTS) is 1. The second-order valence-electron chi connectivity index (χ2n) is 4.00. The average Bonchev–Trinajstić information content (AvgIpc) is 2.45. The zero-order valence-electron chi connectivity index (χ0n) is 10.3. The molecule has 0 saturated carbocycles. The van der Waals surface area contributed by atoms with Crippen LogP contribution in [0, 0.1) is 0 Å². The van der Waals surface area contributed by atoms with E-state index in [1.807, 2.05) is 0 Å². The van der Waals surface area contributed by atoms with Gasteiger partial charge in [0.25, 0.3) is 0 Å². The van der Waals surface area contributed by atoms with E-state index in [4.69, 9.17) is 0 Å². The predicted molar refractivity (Wildman–Crippen MR) is 80.0 cm³/mol. The van der Waals surface area contributed by atoms with E-state index in [2.05, 4.69) is 15.9 Å². The SMILES string of the molecule is O=C(CSc1ccccc1C(=O)[O-])c1ccc(Br)cc1. The van der Waals surface area contributed by atoms with Crippen molar-refractivity contribution in [3.63, 3.8) is 0 Å². The van der Waals surface area contributed by atoms with Crippen LogP contribution >= 0.6 is 27.7 Å². The van der Waals surface area contributed by atoms with Gasteiger partial charge < -0.3 is 9.90 Å². The Morgan fingerprint density at radius 3 is 2.35 bits per heavy atom. The molecule has 0 bridgehead atoms. The lowest BCUT2D eigenvalue weighted by Gasteiger charge is -2.09. The first kappa shape index (κ1) is 14.8. The molecule has 0 radical (unpaired) electrons. The summed E-state index contributed by atoms with van der Waals surface area (Å²) in [6.07, 6.45) is 0. The molecule has 0 amide bonds. The highest BCUT2D eigenvalue weighted by Crippen LogP contribution is 2.23. The summed E-state index contributed by atoms with van der Waals surface area (Å²) in [6.45, 7) is 0. The molecule has 3 nitrogen and oxygen atoms in total. The first-order chi connectivity index (χ1) is 9.58. The number of Topliss-reactive ketones (excluding diaryl/α,β-unsaturated/α-hetero) is 1. The van der Waals surface area contributed by atoms with Crippen molar-refractivity contribution < 1.29 is 14.7 Å². The second kappa shape index (κ2) is 6.72. The summed E-state index contributed by atoms with van der Waals surface area (Å²) in [6, 6.07) is 13.6. The molecule has 0 aromatic heterocycles. The lowest BCUT2D eigenvalue weighted by atomic mass is 10.2. The van der Waals surface area contributed by atoms with E-state index >= 15 is 0 Å². The molecule has 2 aromatic carbocycles. The van der Waals surface area contributed by atoms with E-state index in [1.54, 1.807) is 42.5 Å². The second-order valence-corrected chi connectivity index (χ2v) is 5.94. The molecular weight excluding hydrogens is 340 g/mol. The Morgan fingerprint density at radius 1 is 1.05 bits per heavy atom. The van der Waals surface area contributed by atoms with E-state index in [9.17, 15) is 14.7 Å². The number of carbonyl (C=O) groups excluding carboxylic acids is 2. The van der Waals surface area contributed by atoms with Crippen molar-refractivity contribution in [2.45, 2.75) is 4.90 Å². The van der Waals surface area contributed by atoms with Gasteiger partial charge >= 0.3 is 0 Å². The van der Waals surface area contributed by atoms with E-state index in [0.717, 1.165) is 4.47 Å². The lowest BCUT2D eigenvalue weighted by molar-refractivity contribution is -0.255. The molecule has 0 N–H and O–H groups in total. The molecule has 0 saturated heterocycles. The third kappa shape index (κ3) is 3.71. The summed E-state index contributed by atoms with van der Waals surface area (Å²) < 4.78 is 0.906. The Balaban J connectivity index is 2.07. The molecule has 2 rings (SSSR count). The lowest BCUT2D eigenvalue weighted by Crippen LogP contribution is -2.23. The molecule has 2 aromatic rings. The van der Waals surface area contributed by atoms with Crippen LogP contribution < -0.4 is 5.11 Å². The summed E-state index contributed by atoms with van der Waals surface area (Å²) in [4.78, 5) is 23.5. The Labute approximate surface area is 129 Å². The van der Waals surface area contributed by atoms with Crippen molar-refractivity contribution in [2.24, 2.45) is 0 Å². The third-order valence-electron chi connectivity index (χ3n) is 2.63. The molecule has 0 spiro atoms. The van der Waals surface area contributed by atoms with Crippen LogP contribution in [0.25, 0.3) is 0 Å². The molecule has 0 heterocycles. The first-order valence-corrected chi connectivity index (χ1v) is 7.58. The largest absolute Gasteiger partial charge is 0.545 e. The fourth-order valence-corrected chi connectivity index (χ4v) is 2.82. The van der Waals surface area contributed by atoms with Gasteiger partial charge in [0, 0.05) is 20.5 Å². The zero-order chi connectivity index (χ0) is 14.5. The quantitative estimate of drug-likeness (QED) is 0.615. The van der Waals surface area contributed by atoms with Crippen LogP contribution in [0.1, 0.15) is 20.7 Å². The van der Waals surface area contributed by atoms with Crippen LogP contribution in [0.15, 0.2) is 57.9 Å². The highest BCUT2D eigenvalue weighted by atomic mass is 79.9. The number of hydrogen-bond acceptors (Lipinski definition) is 4. The molecule has 0 fully saturated rings. The molecule has 0 unspecified atom stereocenters. The van der Waals surface area contributed by atoms with Crippen molar-refractivity contribution in [3.05, 3.63) is 64.1 Å². The van der Waals surface area contributed by atoms with Crippen molar-refractivity contribution >= 4 is 39.4 Å². The minimum atomic E-state index is -1.23. The molecule has 5 heteroatoms. The van der Waals surface area contributed by atoms with Crippen molar-refractivity contribution in [1.29, 1.82) is 0 Å². The maximum absolute atomic E-state index is 12.0. The van der Waals surface area contributed by atoms with Gasteiger partial charge in [-0.15, -0.1) is 11.8 Å². The van der Waals surface area contributed by atoms with E-state index in [1.165, 1.54) is 17.8 Å². The van der Waals surface area contributed by atoms with Gasteiger partial charge in [0.15, 0.2) is 5.78 Å². The van der Waals surface area contributed by atoms with E-state index < -0.39 is 5.97 Å². The maximum atomic E-state index is 12.0. The Morgan fingerprint density at radius 2 is 1.70 bits per heavy atom. The fraction of sp³-hybridized carbons (Fsp3) is 0.0667. The number of carboxylic acids is 1. The van der Waals surface area contributed by atoms with Crippen molar-refractivity contribution in [2.75, 3.05) is 5.75 Å². The molecule has 0 atom stereocenters. The van der Waals surface area contributed by atoms with Gasteiger partial charge in [-0.3, -0.25) is 4.79 Å². The van der Waals surface area contributed by atoms with Crippen molar-refractivity contribution in [3.8, 4) is 0 Å². The van der Waals surface area contributed by atoms with Gasteiger partial charge in [-0.05, 0) is 18.2 Å². The highest BCUT2D eigenvalue weighted by molar-refractivity contribution is 9.10. The summed E-state index contributed by atoms with van der Waals surface area (Å²) >= 11 is 4.51. The van der Waals surface area contributed by atoms with Crippen molar-refractivity contribution in [1.82, 2.24) is 0 Å². The smallest absolute Gasteiger partial charge is 0.173 e. The van der Waals surface area contributed by atoms with E-state index in [-0.39, 0.29) is 17.1 Å². The molecule has 0 aliphatic rings. The minimum absolute atomic E-state index is 0.0457. The summed E-state index contributed by atoms with van der Waals surface area (Å²) in [5.74, 6) is -1.09. The van der Waals surface area contributed by atoms with E-state index in [0.29, 0.717) is 10.5 Å². The number of aromatic carboxylic acids is 1. The molecule has 20 heavy (non-hydrogen) atoms. The Kier molecular flexibility index (Phi) is 4.98. The van der Waals surface area contributed by atoms with Gasteiger partial charge in [-0.2, -0.15) is 0 Å². The van der Waals surface area contributed by atoms with Crippen LogP contribution in [0.2, 0.25) is 0 Å².